The van der Waals surface area contributed by atoms with Crippen LogP contribution in [0, 0.1) is 11.2 Å². The van der Waals surface area contributed by atoms with Gasteiger partial charge in [-0.15, -0.1) is 0 Å². The quantitative estimate of drug-likeness (QED) is 0.835. The molecule has 3 heteroatoms. The fraction of sp³-hybridized carbons (Fsp3) is 0.600. The van der Waals surface area contributed by atoms with Crippen LogP contribution in [0.25, 0.3) is 0 Å². The predicted molar refractivity (Wildman–Crippen MR) is 76.7 cm³/mol. The summed E-state index contributed by atoms with van der Waals surface area (Å²) in [6, 6.07) is 4.97. The lowest BCUT2D eigenvalue weighted by Gasteiger charge is -2.32. The second kappa shape index (κ2) is 6.53. The average Bonchev–Trinajstić information content (AvgIpc) is 2.25. The number of rotatable bonds is 5. The Hall–Kier alpha value is -0.600. The molecule has 0 radical (unpaired) electrons. The van der Waals surface area contributed by atoms with Crippen molar-refractivity contribution in [1.29, 1.82) is 0 Å². The molecule has 1 N–H and O–H groups in total. The Kier molecular flexibility index (Phi) is 5.61. The summed E-state index contributed by atoms with van der Waals surface area (Å²) < 4.78 is 13.0. The summed E-state index contributed by atoms with van der Waals surface area (Å²) in [5.41, 5.74) is 1.15. The highest BCUT2D eigenvalue weighted by Gasteiger charge is 2.24. The molecule has 0 saturated heterocycles. The molecule has 1 unspecified atom stereocenters. The SMILES string of the molecule is CCCNC(Cc1ccc(F)cc1Cl)C(C)(C)C. The minimum Gasteiger partial charge on any atom is -0.313 e. The lowest BCUT2D eigenvalue weighted by atomic mass is 9.83. The Morgan fingerprint density at radius 3 is 2.50 bits per heavy atom. The van der Waals surface area contributed by atoms with Crippen LogP contribution in [-0.2, 0) is 6.42 Å². The molecule has 1 atom stereocenters. The van der Waals surface area contributed by atoms with Gasteiger partial charge in [-0.2, -0.15) is 0 Å². The molecule has 0 spiro atoms. The van der Waals surface area contributed by atoms with Crippen LogP contribution >= 0.6 is 11.6 Å². The maximum absolute atomic E-state index is 13.0. The van der Waals surface area contributed by atoms with E-state index in [0.717, 1.165) is 24.9 Å². The summed E-state index contributed by atoms with van der Waals surface area (Å²) in [7, 11) is 0. The van der Waals surface area contributed by atoms with Crippen molar-refractivity contribution in [3.8, 4) is 0 Å². The van der Waals surface area contributed by atoms with Crippen molar-refractivity contribution in [3.05, 3.63) is 34.6 Å². The maximum atomic E-state index is 13.0. The van der Waals surface area contributed by atoms with E-state index in [1.54, 1.807) is 6.07 Å². The van der Waals surface area contributed by atoms with E-state index < -0.39 is 0 Å². The van der Waals surface area contributed by atoms with Gasteiger partial charge in [0.2, 0.25) is 0 Å². The fourth-order valence-corrected chi connectivity index (χ4v) is 2.15. The minimum absolute atomic E-state index is 0.146. The van der Waals surface area contributed by atoms with E-state index in [4.69, 9.17) is 11.6 Å². The smallest absolute Gasteiger partial charge is 0.124 e. The van der Waals surface area contributed by atoms with E-state index in [2.05, 4.69) is 33.0 Å². The van der Waals surface area contributed by atoms with Gasteiger partial charge in [-0.25, -0.2) is 4.39 Å². The standard InChI is InChI=1S/C15H23ClFN/c1-5-8-18-14(15(2,3)4)9-11-6-7-12(17)10-13(11)16/h6-7,10,14,18H,5,8-9H2,1-4H3. The van der Waals surface area contributed by atoms with Gasteiger partial charge in [0.1, 0.15) is 5.82 Å². The van der Waals surface area contributed by atoms with Crippen LogP contribution in [0.2, 0.25) is 5.02 Å². The molecule has 0 aliphatic carbocycles. The molecular formula is C15H23ClFN. The Morgan fingerprint density at radius 1 is 1.33 bits per heavy atom. The van der Waals surface area contributed by atoms with Crippen molar-refractivity contribution in [2.24, 2.45) is 5.41 Å². The predicted octanol–water partition coefficient (Wildman–Crippen LogP) is 4.44. The van der Waals surface area contributed by atoms with E-state index in [-0.39, 0.29) is 11.2 Å². The van der Waals surface area contributed by atoms with E-state index in [1.165, 1.54) is 12.1 Å². The van der Waals surface area contributed by atoms with E-state index in [0.29, 0.717) is 11.1 Å². The van der Waals surface area contributed by atoms with Crippen LogP contribution in [0.4, 0.5) is 4.39 Å². The number of nitrogens with one attached hydrogen (secondary N) is 1. The zero-order chi connectivity index (χ0) is 13.8. The molecule has 0 aliphatic rings. The Morgan fingerprint density at radius 2 is 2.00 bits per heavy atom. The molecule has 102 valence electrons. The van der Waals surface area contributed by atoms with Crippen LogP contribution in [0.1, 0.15) is 39.7 Å². The van der Waals surface area contributed by atoms with Crippen molar-refractivity contribution < 1.29 is 4.39 Å². The van der Waals surface area contributed by atoms with Crippen molar-refractivity contribution >= 4 is 11.6 Å². The van der Waals surface area contributed by atoms with E-state index in [1.807, 2.05) is 0 Å². The normalized spacial score (nSPS) is 13.7. The molecule has 0 saturated carbocycles. The van der Waals surface area contributed by atoms with Gasteiger partial charge in [-0.3, -0.25) is 0 Å². The average molecular weight is 272 g/mol. The summed E-state index contributed by atoms with van der Waals surface area (Å²) >= 11 is 6.09. The molecule has 0 aromatic heterocycles. The monoisotopic (exact) mass is 271 g/mol. The van der Waals surface area contributed by atoms with Crippen molar-refractivity contribution in [3.63, 3.8) is 0 Å². The van der Waals surface area contributed by atoms with Crippen LogP contribution in [0.3, 0.4) is 0 Å². The largest absolute Gasteiger partial charge is 0.313 e. The summed E-state index contributed by atoms with van der Waals surface area (Å²) in [4.78, 5) is 0. The molecule has 1 aromatic rings. The van der Waals surface area contributed by atoms with Gasteiger partial charge in [0.15, 0.2) is 0 Å². The molecule has 0 aliphatic heterocycles. The van der Waals surface area contributed by atoms with Gasteiger partial charge in [-0.05, 0) is 42.5 Å². The Balaban J connectivity index is 2.82. The van der Waals surface area contributed by atoms with Gasteiger partial charge < -0.3 is 5.32 Å². The third-order valence-electron chi connectivity index (χ3n) is 3.13. The number of halogens is 2. The maximum Gasteiger partial charge on any atom is 0.124 e. The second-order valence-corrected chi connectivity index (χ2v) is 6.22. The van der Waals surface area contributed by atoms with Crippen LogP contribution < -0.4 is 5.32 Å². The Labute approximate surface area is 115 Å². The van der Waals surface area contributed by atoms with Crippen molar-refractivity contribution in [1.82, 2.24) is 5.32 Å². The van der Waals surface area contributed by atoms with Crippen molar-refractivity contribution in [2.45, 2.75) is 46.6 Å². The second-order valence-electron chi connectivity index (χ2n) is 5.81. The zero-order valence-corrected chi connectivity index (χ0v) is 12.4. The molecular weight excluding hydrogens is 249 g/mol. The topological polar surface area (TPSA) is 12.0 Å². The highest BCUT2D eigenvalue weighted by Crippen LogP contribution is 2.26. The van der Waals surface area contributed by atoms with Crippen molar-refractivity contribution in [2.75, 3.05) is 6.54 Å². The fourth-order valence-electron chi connectivity index (χ4n) is 1.91. The first-order valence-electron chi connectivity index (χ1n) is 6.52. The lowest BCUT2D eigenvalue weighted by molar-refractivity contribution is 0.267. The Bertz CT molecular complexity index is 385. The van der Waals surface area contributed by atoms with Crippen LogP contribution in [-0.4, -0.2) is 12.6 Å². The zero-order valence-electron chi connectivity index (χ0n) is 11.7. The summed E-state index contributed by atoms with van der Waals surface area (Å²) in [6.45, 7) is 9.76. The molecule has 0 heterocycles. The van der Waals surface area contributed by atoms with Gasteiger partial charge in [0.05, 0.1) is 0 Å². The molecule has 0 fully saturated rings. The van der Waals surface area contributed by atoms with Gasteiger partial charge in [0, 0.05) is 11.1 Å². The van der Waals surface area contributed by atoms with Gasteiger partial charge >= 0.3 is 0 Å². The minimum atomic E-state index is -0.280. The number of hydrogen-bond donors (Lipinski definition) is 1. The first-order chi connectivity index (χ1) is 8.34. The molecule has 1 rings (SSSR count). The number of benzene rings is 1. The van der Waals surface area contributed by atoms with Crippen LogP contribution in [0.5, 0.6) is 0 Å². The summed E-state index contributed by atoms with van der Waals surface area (Å²) in [5, 5.41) is 4.06. The van der Waals surface area contributed by atoms with Crippen LogP contribution in [0.15, 0.2) is 18.2 Å². The third-order valence-corrected chi connectivity index (χ3v) is 3.48. The van der Waals surface area contributed by atoms with E-state index in [9.17, 15) is 4.39 Å². The van der Waals surface area contributed by atoms with Gasteiger partial charge in [-0.1, -0.05) is 45.4 Å². The first kappa shape index (κ1) is 15.5. The van der Waals surface area contributed by atoms with Gasteiger partial charge in [0.25, 0.3) is 0 Å². The lowest BCUT2D eigenvalue weighted by Crippen LogP contribution is -2.42. The highest BCUT2D eigenvalue weighted by atomic mass is 35.5. The highest BCUT2D eigenvalue weighted by molar-refractivity contribution is 6.31. The molecule has 1 aromatic carbocycles. The molecule has 0 amide bonds. The number of hydrogen-bond acceptors (Lipinski definition) is 1. The third kappa shape index (κ3) is 4.58. The first-order valence-corrected chi connectivity index (χ1v) is 6.89. The molecule has 1 nitrogen and oxygen atoms in total. The molecule has 0 bridgehead atoms. The summed E-state index contributed by atoms with van der Waals surface area (Å²) in [5.74, 6) is -0.280. The molecule has 18 heavy (non-hydrogen) atoms. The van der Waals surface area contributed by atoms with E-state index >= 15 is 0 Å². The summed E-state index contributed by atoms with van der Waals surface area (Å²) in [6.07, 6.45) is 1.92.